The van der Waals surface area contributed by atoms with Crippen LogP contribution in [0.4, 0.5) is 0 Å². The molecule has 2 unspecified atom stereocenters. The highest BCUT2D eigenvalue weighted by Crippen LogP contribution is 2.18. The first-order valence-electron chi connectivity index (χ1n) is 8.47. The zero-order chi connectivity index (χ0) is 17.8. The molecule has 0 amide bonds. The van der Waals surface area contributed by atoms with E-state index in [4.69, 9.17) is 19.0 Å². The SMILES string of the molecule is C=CC(NCCC[Si](OC)(OC)OCCC(C)N)c1ccccc1.Cl. The Morgan fingerprint density at radius 1 is 1.24 bits per heavy atom. The van der Waals surface area contributed by atoms with Crippen LogP contribution in [-0.2, 0) is 13.3 Å². The van der Waals surface area contributed by atoms with Crippen LogP contribution in [0.1, 0.15) is 31.4 Å². The zero-order valence-electron chi connectivity index (χ0n) is 15.6. The molecule has 1 rings (SSSR count). The van der Waals surface area contributed by atoms with Crippen LogP contribution in [0.5, 0.6) is 0 Å². The molecule has 1 aromatic carbocycles. The van der Waals surface area contributed by atoms with Crippen molar-refractivity contribution in [3.8, 4) is 0 Å². The lowest BCUT2D eigenvalue weighted by Crippen LogP contribution is -2.45. The van der Waals surface area contributed by atoms with Crippen LogP contribution in [0, 0.1) is 0 Å². The Kier molecular flexibility index (Phi) is 13.1. The predicted molar refractivity (Wildman–Crippen MR) is 108 cm³/mol. The molecule has 144 valence electrons. The van der Waals surface area contributed by atoms with Gasteiger partial charge in [-0.1, -0.05) is 36.4 Å². The Labute approximate surface area is 159 Å². The van der Waals surface area contributed by atoms with E-state index in [1.54, 1.807) is 14.2 Å². The van der Waals surface area contributed by atoms with Gasteiger partial charge >= 0.3 is 8.80 Å². The van der Waals surface area contributed by atoms with Crippen molar-refractivity contribution in [2.75, 3.05) is 27.4 Å². The monoisotopic (exact) mass is 388 g/mol. The summed E-state index contributed by atoms with van der Waals surface area (Å²) in [5.41, 5.74) is 6.98. The molecule has 3 N–H and O–H groups in total. The van der Waals surface area contributed by atoms with Gasteiger partial charge in [-0.15, -0.1) is 19.0 Å². The summed E-state index contributed by atoms with van der Waals surface area (Å²) in [6, 6.07) is 11.3. The lowest BCUT2D eigenvalue weighted by molar-refractivity contribution is 0.0950. The Bertz CT molecular complexity index is 459. The van der Waals surface area contributed by atoms with Gasteiger partial charge in [-0.3, -0.25) is 0 Å². The predicted octanol–water partition coefficient (Wildman–Crippen LogP) is 3.30. The fourth-order valence-corrected chi connectivity index (χ4v) is 4.43. The summed E-state index contributed by atoms with van der Waals surface area (Å²) < 4.78 is 17.1. The topological polar surface area (TPSA) is 65.7 Å². The molecule has 0 aliphatic heterocycles. The zero-order valence-corrected chi connectivity index (χ0v) is 17.4. The first-order chi connectivity index (χ1) is 11.6. The summed E-state index contributed by atoms with van der Waals surface area (Å²) in [5, 5.41) is 3.50. The summed E-state index contributed by atoms with van der Waals surface area (Å²) in [5.74, 6) is 0. The van der Waals surface area contributed by atoms with Gasteiger partial charge in [0.25, 0.3) is 0 Å². The molecule has 0 saturated carbocycles. The molecule has 2 atom stereocenters. The Hall–Kier alpha value is -0.733. The third-order valence-corrected chi connectivity index (χ3v) is 6.79. The highest BCUT2D eigenvalue weighted by Gasteiger charge is 2.38. The smallest absolute Gasteiger partial charge is 0.377 e. The molecule has 0 heterocycles. The van der Waals surface area contributed by atoms with Crippen LogP contribution >= 0.6 is 12.4 Å². The van der Waals surface area contributed by atoms with E-state index >= 15 is 0 Å². The number of benzene rings is 1. The molecule has 0 bridgehead atoms. The number of hydrogen-bond acceptors (Lipinski definition) is 5. The molecule has 25 heavy (non-hydrogen) atoms. The highest BCUT2D eigenvalue weighted by molar-refractivity contribution is 6.60. The minimum Gasteiger partial charge on any atom is -0.377 e. The second kappa shape index (κ2) is 13.5. The van der Waals surface area contributed by atoms with Gasteiger partial charge in [0.1, 0.15) is 0 Å². The average molecular weight is 389 g/mol. The van der Waals surface area contributed by atoms with Crippen molar-refractivity contribution in [1.82, 2.24) is 5.32 Å². The van der Waals surface area contributed by atoms with Crippen molar-refractivity contribution < 1.29 is 13.3 Å². The average Bonchev–Trinajstić information content (AvgIpc) is 2.61. The Morgan fingerprint density at radius 3 is 2.40 bits per heavy atom. The minimum absolute atomic E-state index is 0. The largest absolute Gasteiger partial charge is 0.500 e. The van der Waals surface area contributed by atoms with Gasteiger partial charge in [-0.05, 0) is 31.9 Å². The molecule has 1 aromatic rings. The van der Waals surface area contributed by atoms with E-state index < -0.39 is 8.80 Å². The van der Waals surface area contributed by atoms with E-state index in [1.165, 1.54) is 5.56 Å². The van der Waals surface area contributed by atoms with Crippen molar-refractivity contribution in [2.45, 2.75) is 37.9 Å². The lowest BCUT2D eigenvalue weighted by atomic mass is 10.1. The number of nitrogens with two attached hydrogens (primary N) is 1. The molecule has 0 aliphatic carbocycles. The first-order valence-corrected chi connectivity index (χ1v) is 10.4. The number of hydrogen-bond donors (Lipinski definition) is 2. The summed E-state index contributed by atoms with van der Waals surface area (Å²) in [6.07, 6.45) is 3.63. The molecular weight excluding hydrogens is 356 g/mol. The van der Waals surface area contributed by atoms with E-state index in [0.29, 0.717) is 6.61 Å². The summed E-state index contributed by atoms with van der Waals surface area (Å²) >= 11 is 0. The molecule has 0 spiro atoms. The van der Waals surface area contributed by atoms with Crippen LogP contribution in [-0.4, -0.2) is 42.2 Å². The highest BCUT2D eigenvalue weighted by atomic mass is 35.5. The molecule has 0 aliphatic rings. The molecule has 7 heteroatoms. The van der Waals surface area contributed by atoms with Crippen LogP contribution < -0.4 is 11.1 Å². The van der Waals surface area contributed by atoms with Gasteiger partial charge in [0.15, 0.2) is 0 Å². The van der Waals surface area contributed by atoms with E-state index in [2.05, 4.69) is 24.0 Å². The molecular formula is C18H33ClN2O3Si. The summed E-state index contributed by atoms with van der Waals surface area (Å²) in [6.45, 7) is 7.29. The second-order valence-electron chi connectivity index (χ2n) is 5.89. The van der Waals surface area contributed by atoms with E-state index in [1.807, 2.05) is 31.2 Å². The van der Waals surface area contributed by atoms with E-state index in [0.717, 1.165) is 25.4 Å². The van der Waals surface area contributed by atoms with Crippen LogP contribution in [0.15, 0.2) is 43.0 Å². The van der Waals surface area contributed by atoms with Crippen molar-refractivity contribution in [1.29, 1.82) is 0 Å². The maximum Gasteiger partial charge on any atom is 0.500 e. The van der Waals surface area contributed by atoms with Crippen molar-refractivity contribution in [3.05, 3.63) is 48.6 Å². The molecule has 5 nitrogen and oxygen atoms in total. The maximum absolute atomic E-state index is 5.92. The quantitative estimate of drug-likeness (QED) is 0.308. The van der Waals surface area contributed by atoms with Crippen molar-refractivity contribution in [2.24, 2.45) is 5.73 Å². The van der Waals surface area contributed by atoms with Gasteiger partial charge in [-0.2, -0.15) is 0 Å². The maximum atomic E-state index is 5.92. The standard InChI is InChI=1S/C18H32N2O3Si.ClH/c1-5-18(17-10-7-6-8-11-17)20-13-9-15-24(21-3,22-4)23-14-12-16(2)19;/h5-8,10-11,16,18,20H,1,9,12-15,19H2,2-4H3;1H. The van der Waals surface area contributed by atoms with Gasteiger partial charge in [0.2, 0.25) is 0 Å². The van der Waals surface area contributed by atoms with E-state index in [-0.39, 0.29) is 24.5 Å². The van der Waals surface area contributed by atoms with Gasteiger partial charge in [0, 0.05) is 32.9 Å². The minimum atomic E-state index is -2.59. The first kappa shape index (κ1) is 24.3. The van der Waals surface area contributed by atoms with Crippen LogP contribution in [0.25, 0.3) is 0 Å². The van der Waals surface area contributed by atoms with Crippen molar-refractivity contribution >= 4 is 21.2 Å². The fraction of sp³-hybridized carbons (Fsp3) is 0.556. The fourth-order valence-electron chi connectivity index (χ4n) is 2.44. The van der Waals surface area contributed by atoms with Crippen molar-refractivity contribution in [3.63, 3.8) is 0 Å². The molecule has 0 radical (unpaired) electrons. The lowest BCUT2D eigenvalue weighted by Gasteiger charge is -2.27. The third kappa shape index (κ3) is 8.96. The molecule has 0 aromatic heterocycles. The van der Waals surface area contributed by atoms with Crippen LogP contribution in [0.3, 0.4) is 0 Å². The number of halogens is 1. The normalized spacial score (nSPS) is 13.8. The number of nitrogens with one attached hydrogen (secondary N) is 1. The summed E-state index contributed by atoms with van der Waals surface area (Å²) in [7, 11) is 0.723. The molecule has 0 fully saturated rings. The van der Waals surface area contributed by atoms with Crippen LogP contribution in [0.2, 0.25) is 6.04 Å². The molecule has 0 saturated heterocycles. The van der Waals surface area contributed by atoms with Gasteiger partial charge in [0.05, 0.1) is 6.04 Å². The number of rotatable bonds is 13. The summed E-state index contributed by atoms with van der Waals surface area (Å²) in [4.78, 5) is 0. The Morgan fingerprint density at radius 2 is 1.88 bits per heavy atom. The van der Waals surface area contributed by atoms with E-state index in [9.17, 15) is 0 Å². The second-order valence-corrected chi connectivity index (χ2v) is 8.86. The van der Waals surface area contributed by atoms with Gasteiger partial charge in [-0.25, -0.2) is 0 Å². The Balaban J connectivity index is 0.00000576. The third-order valence-electron chi connectivity index (χ3n) is 3.94. The van der Waals surface area contributed by atoms with Gasteiger partial charge < -0.3 is 24.3 Å².